The topological polar surface area (TPSA) is 96.0 Å². The summed E-state index contributed by atoms with van der Waals surface area (Å²) in [6.45, 7) is 2.38. The first-order valence-electron chi connectivity index (χ1n) is 9.65. The SMILES string of the molecule is COc1ccc([C@H](CC(=O)N2CCN(S(=O)(=O)c3ccc(Cl)s3)CC2)NC(C)=O)cc1. The molecule has 168 valence electrons. The second-order valence-corrected chi connectivity index (χ2v) is 11.0. The lowest BCUT2D eigenvalue weighted by Crippen LogP contribution is -2.50. The summed E-state index contributed by atoms with van der Waals surface area (Å²) in [4.78, 5) is 26.2. The van der Waals surface area contributed by atoms with E-state index in [-0.39, 0.29) is 48.6 Å². The normalized spacial score (nSPS) is 16.0. The van der Waals surface area contributed by atoms with Gasteiger partial charge in [-0.15, -0.1) is 11.3 Å². The molecule has 0 saturated carbocycles. The fourth-order valence-corrected chi connectivity index (χ4v) is 6.44. The van der Waals surface area contributed by atoms with Gasteiger partial charge in [0.2, 0.25) is 11.8 Å². The number of carbonyl (C=O) groups excluding carboxylic acids is 2. The molecule has 0 bridgehead atoms. The predicted molar refractivity (Wildman–Crippen MR) is 119 cm³/mol. The summed E-state index contributed by atoms with van der Waals surface area (Å²) >= 11 is 6.88. The Morgan fingerprint density at radius 2 is 1.77 bits per heavy atom. The van der Waals surface area contributed by atoms with Crippen LogP contribution < -0.4 is 10.1 Å². The number of benzene rings is 1. The summed E-state index contributed by atoms with van der Waals surface area (Å²) in [6.07, 6.45) is 0.0825. The van der Waals surface area contributed by atoms with Crippen LogP contribution in [0.1, 0.15) is 24.9 Å². The summed E-state index contributed by atoms with van der Waals surface area (Å²) < 4.78 is 32.6. The van der Waals surface area contributed by atoms with Gasteiger partial charge in [0.15, 0.2) is 0 Å². The molecule has 8 nitrogen and oxygen atoms in total. The molecule has 1 atom stereocenters. The highest BCUT2D eigenvalue weighted by Gasteiger charge is 2.32. The molecule has 0 aliphatic carbocycles. The Hall–Kier alpha value is -2.14. The van der Waals surface area contributed by atoms with E-state index in [0.717, 1.165) is 16.9 Å². The first-order chi connectivity index (χ1) is 14.7. The van der Waals surface area contributed by atoms with Crippen LogP contribution in [0.25, 0.3) is 0 Å². The van der Waals surface area contributed by atoms with Crippen molar-refractivity contribution in [3.05, 3.63) is 46.3 Å². The van der Waals surface area contributed by atoms with Crippen molar-refractivity contribution in [1.82, 2.24) is 14.5 Å². The number of thiophene rings is 1. The van der Waals surface area contributed by atoms with Gasteiger partial charge in [-0.3, -0.25) is 9.59 Å². The maximum atomic E-state index is 12.9. The largest absolute Gasteiger partial charge is 0.497 e. The third kappa shape index (κ3) is 5.76. The number of carbonyl (C=O) groups is 2. The summed E-state index contributed by atoms with van der Waals surface area (Å²) in [5.41, 5.74) is 0.792. The van der Waals surface area contributed by atoms with Crippen molar-refractivity contribution in [3.63, 3.8) is 0 Å². The van der Waals surface area contributed by atoms with Crippen LogP contribution in [0.15, 0.2) is 40.6 Å². The molecule has 1 N–H and O–H groups in total. The van der Waals surface area contributed by atoms with Gasteiger partial charge in [-0.05, 0) is 29.8 Å². The fourth-order valence-electron chi connectivity index (χ4n) is 3.38. The molecule has 2 aromatic rings. The number of piperazine rings is 1. The lowest BCUT2D eigenvalue weighted by Gasteiger charge is -2.34. The number of ether oxygens (including phenoxy) is 1. The van der Waals surface area contributed by atoms with Gasteiger partial charge in [0.1, 0.15) is 9.96 Å². The molecule has 3 rings (SSSR count). The smallest absolute Gasteiger partial charge is 0.252 e. The second-order valence-electron chi connectivity index (χ2n) is 7.07. The Bertz CT molecular complexity index is 1030. The average Bonchev–Trinajstić information content (AvgIpc) is 3.20. The zero-order valence-electron chi connectivity index (χ0n) is 17.2. The Balaban J connectivity index is 1.63. The monoisotopic (exact) mass is 485 g/mol. The lowest BCUT2D eigenvalue weighted by atomic mass is 10.0. The van der Waals surface area contributed by atoms with E-state index in [4.69, 9.17) is 16.3 Å². The van der Waals surface area contributed by atoms with E-state index in [1.165, 1.54) is 17.3 Å². The number of nitrogens with one attached hydrogen (secondary N) is 1. The number of amides is 2. The molecule has 0 unspecified atom stereocenters. The van der Waals surface area contributed by atoms with Gasteiger partial charge in [-0.25, -0.2) is 8.42 Å². The highest BCUT2D eigenvalue weighted by Crippen LogP contribution is 2.29. The van der Waals surface area contributed by atoms with Crippen molar-refractivity contribution in [2.45, 2.75) is 23.6 Å². The minimum atomic E-state index is -3.62. The van der Waals surface area contributed by atoms with Crippen LogP contribution in [0.2, 0.25) is 4.34 Å². The molecule has 31 heavy (non-hydrogen) atoms. The van der Waals surface area contributed by atoms with Crippen LogP contribution in [0.5, 0.6) is 5.75 Å². The number of hydrogen-bond acceptors (Lipinski definition) is 6. The first kappa shape index (κ1) is 23.5. The van der Waals surface area contributed by atoms with Crippen molar-refractivity contribution >= 4 is 44.8 Å². The number of sulfonamides is 1. The minimum absolute atomic E-state index is 0.0825. The van der Waals surface area contributed by atoms with Crippen LogP contribution >= 0.6 is 22.9 Å². The molecule has 1 saturated heterocycles. The first-order valence-corrected chi connectivity index (χ1v) is 12.3. The lowest BCUT2D eigenvalue weighted by molar-refractivity contribution is -0.133. The van der Waals surface area contributed by atoms with Crippen molar-refractivity contribution in [1.29, 1.82) is 0 Å². The van der Waals surface area contributed by atoms with Gasteiger partial charge in [0.05, 0.1) is 23.9 Å². The quantitative estimate of drug-likeness (QED) is 0.650. The molecular weight excluding hydrogens is 462 g/mol. The molecule has 1 fully saturated rings. The Kier molecular flexibility index (Phi) is 7.58. The summed E-state index contributed by atoms with van der Waals surface area (Å²) in [5.74, 6) is 0.297. The summed E-state index contributed by atoms with van der Waals surface area (Å²) in [7, 11) is -2.05. The van der Waals surface area contributed by atoms with Crippen molar-refractivity contribution < 1.29 is 22.7 Å². The van der Waals surface area contributed by atoms with E-state index in [0.29, 0.717) is 10.1 Å². The zero-order chi connectivity index (χ0) is 22.6. The molecule has 2 heterocycles. The molecule has 2 amide bonds. The van der Waals surface area contributed by atoms with Crippen LogP contribution in [0.4, 0.5) is 0 Å². The third-order valence-corrected chi connectivity index (χ3v) is 8.61. The van der Waals surface area contributed by atoms with Crippen LogP contribution in [-0.2, 0) is 19.6 Å². The van der Waals surface area contributed by atoms with E-state index in [9.17, 15) is 18.0 Å². The average molecular weight is 486 g/mol. The predicted octanol–water partition coefficient (Wildman–Crippen LogP) is 2.51. The Morgan fingerprint density at radius 3 is 2.29 bits per heavy atom. The van der Waals surface area contributed by atoms with Gasteiger partial charge in [-0.1, -0.05) is 23.7 Å². The summed E-state index contributed by atoms with van der Waals surface area (Å²) in [5, 5.41) is 2.82. The van der Waals surface area contributed by atoms with Crippen molar-refractivity contribution in [2.75, 3.05) is 33.3 Å². The van der Waals surface area contributed by atoms with Crippen molar-refractivity contribution in [3.8, 4) is 5.75 Å². The Morgan fingerprint density at radius 1 is 1.13 bits per heavy atom. The van der Waals surface area contributed by atoms with E-state index < -0.39 is 16.1 Å². The highest BCUT2D eigenvalue weighted by atomic mass is 35.5. The maximum absolute atomic E-state index is 12.9. The van der Waals surface area contributed by atoms with E-state index in [1.54, 1.807) is 30.2 Å². The minimum Gasteiger partial charge on any atom is -0.497 e. The molecule has 1 aliphatic rings. The number of halogens is 1. The van der Waals surface area contributed by atoms with Gasteiger partial charge >= 0.3 is 0 Å². The van der Waals surface area contributed by atoms with E-state index in [1.807, 2.05) is 12.1 Å². The standard InChI is InChI=1S/C20H24ClN3O5S2/c1-14(25)22-17(15-3-5-16(29-2)6-4-15)13-19(26)23-9-11-24(12-10-23)31(27,28)20-8-7-18(21)30-20/h3-8,17H,9-13H2,1-2H3,(H,22,25)/t17-/m0/s1. The molecular formula is C20H24ClN3O5S2. The number of methoxy groups -OCH3 is 1. The van der Waals surface area contributed by atoms with Gasteiger partial charge in [-0.2, -0.15) is 4.31 Å². The van der Waals surface area contributed by atoms with E-state index in [2.05, 4.69) is 5.32 Å². The van der Waals surface area contributed by atoms with Gasteiger partial charge in [0, 0.05) is 33.1 Å². The Labute approximate surface area is 190 Å². The molecule has 11 heteroatoms. The molecule has 1 aromatic heterocycles. The molecule has 1 aliphatic heterocycles. The summed E-state index contributed by atoms with van der Waals surface area (Å²) in [6, 6.07) is 9.73. The molecule has 0 spiro atoms. The van der Waals surface area contributed by atoms with Gasteiger partial charge in [0.25, 0.3) is 10.0 Å². The zero-order valence-corrected chi connectivity index (χ0v) is 19.6. The number of hydrogen-bond donors (Lipinski definition) is 1. The fraction of sp³-hybridized carbons (Fsp3) is 0.400. The molecule has 1 aromatic carbocycles. The van der Waals surface area contributed by atoms with Crippen LogP contribution in [0.3, 0.4) is 0 Å². The second kappa shape index (κ2) is 9.99. The molecule has 0 radical (unpaired) electrons. The maximum Gasteiger partial charge on any atom is 0.252 e. The number of rotatable bonds is 7. The van der Waals surface area contributed by atoms with Gasteiger partial charge < -0.3 is 15.0 Å². The van der Waals surface area contributed by atoms with Crippen LogP contribution in [0, 0.1) is 0 Å². The number of nitrogens with zero attached hydrogens (tertiary/aromatic N) is 2. The third-order valence-electron chi connectivity index (χ3n) is 5.01. The highest BCUT2D eigenvalue weighted by molar-refractivity contribution is 7.91. The van der Waals surface area contributed by atoms with Crippen LogP contribution in [-0.4, -0.2) is 62.7 Å². The van der Waals surface area contributed by atoms with Crippen molar-refractivity contribution in [2.24, 2.45) is 0 Å². The van der Waals surface area contributed by atoms with E-state index >= 15 is 0 Å².